The zero-order chi connectivity index (χ0) is 18.5. The van der Waals surface area contributed by atoms with Crippen LogP contribution in [0, 0.1) is 0 Å². The van der Waals surface area contributed by atoms with E-state index in [2.05, 4.69) is 10.3 Å². The number of esters is 1. The van der Waals surface area contributed by atoms with Gasteiger partial charge in [-0.1, -0.05) is 17.7 Å². The molecule has 0 spiro atoms. The lowest BCUT2D eigenvalue weighted by molar-refractivity contribution is -0.0000295. The Hall–Kier alpha value is -2.77. The predicted molar refractivity (Wildman–Crippen MR) is 96.9 cm³/mol. The largest absolute Gasteiger partial charge is 1.00 e. The number of imidazole rings is 1. The molecule has 0 saturated heterocycles. The SMILES string of the molecule is COc1ccc(C(=O)OCCNC(=O)c2c(Cl)nc3ccccn23)cc1.[Cl-].[H+]. The maximum absolute atomic E-state index is 12.3. The Labute approximate surface area is 168 Å². The van der Waals surface area contributed by atoms with Crippen LogP contribution in [0.2, 0.25) is 5.15 Å². The average molecular weight is 410 g/mol. The van der Waals surface area contributed by atoms with Crippen LogP contribution in [0.25, 0.3) is 5.65 Å². The number of rotatable bonds is 6. The highest BCUT2D eigenvalue weighted by molar-refractivity contribution is 6.32. The highest BCUT2D eigenvalue weighted by Gasteiger charge is 2.17. The number of hydrogen-bond donors (Lipinski definition) is 1. The van der Waals surface area contributed by atoms with Crippen LogP contribution in [0.4, 0.5) is 0 Å². The van der Waals surface area contributed by atoms with Gasteiger partial charge >= 0.3 is 7.40 Å². The van der Waals surface area contributed by atoms with Gasteiger partial charge in [-0.2, -0.15) is 0 Å². The van der Waals surface area contributed by atoms with Crippen molar-refractivity contribution in [3.8, 4) is 5.75 Å². The molecular weight excluding hydrogens is 393 g/mol. The summed E-state index contributed by atoms with van der Waals surface area (Å²) in [6.45, 7) is 0.183. The number of carbonyl (C=O) groups excluding carboxylic acids is 2. The van der Waals surface area contributed by atoms with E-state index in [1.54, 1.807) is 60.2 Å². The Morgan fingerprint density at radius 1 is 1.22 bits per heavy atom. The van der Waals surface area contributed by atoms with Gasteiger partial charge < -0.3 is 27.2 Å². The number of halogens is 2. The van der Waals surface area contributed by atoms with Crippen molar-refractivity contribution < 1.29 is 32.9 Å². The maximum atomic E-state index is 12.3. The van der Waals surface area contributed by atoms with Crippen LogP contribution >= 0.6 is 11.6 Å². The van der Waals surface area contributed by atoms with E-state index in [-0.39, 0.29) is 37.8 Å². The van der Waals surface area contributed by atoms with Crippen LogP contribution in [0.15, 0.2) is 48.7 Å². The van der Waals surface area contributed by atoms with E-state index < -0.39 is 11.9 Å². The van der Waals surface area contributed by atoms with E-state index in [0.29, 0.717) is 17.0 Å². The summed E-state index contributed by atoms with van der Waals surface area (Å²) >= 11 is 6.04. The van der Waals surface area contributed by atoms with Crippen molar-refractivity contribution in [1.82, 2.24) is 14.7 Å². The summed E-state index contributed by atoms with van der Waals surface area (Å²) in [5.74, 6) is -0.220. The van der Waals surface area contributed by atoms with Crippen molar-refractivity contribution in [1.29, 1.82) is 0 Å². The number of aromatic nitrogens is 2. The second kappa shape index (κ2) is 9.25. The first kappa shape index (κ1) is 20.5. The number of amides is 1. The number of methoxy groups -OCH3 is 1. The molecule has 2 heterocycles. The summed E-state index contributed by atoms with van der Waals surface area (Å²) in [5.41, 5.74) is 1.22. The van der Waals surface area contributed by atoms with Gasteiger partial charge in [-0.3, -0.25) is 9.20 Å². The predicted octanol–water partition coefficient (Wildman–Crippen LogP) is -0.300. The first-order valence-corrected chi connectivity index (χ1v) is 8.20. The number of ether oxygens (including phenoxy) is 2. The van der Waals surface area contributed by atoms with Gasteiger partial charge in [-0.15, -0.1) is 0 Å². The number of carbonyl (C=O) groups is 2. The fourth-order valence-corrected chi connectivity index (χ4v) is 2.64. The third kappa shape index (κ3) is 4.69. The number of fused-ring (bicyclic) bond motifs is 1. The van der Waals surface area contributed by atoms with Crippen LogP contribution in [0.1, 0.15) is 22.3 Å². The van der Waals surface area contributed by atoms with E-state index in [4.69, 9.17) is 21.1 Å². The Morgan fingerprint density at radius 2 is 1.96 bits per heavy atom. The number of nitrogens with zero attached hydrogens (tertiary/aromatic N) is 2. The van der Waals surface area contributed by atoms with Crippen LogP contribution in [-0.4, -0.2) is 41.5 Å². The highest BCUT2D eigenvalue weighted by Crippen LogP contribution is 2.17. The monoisotopic (exact) mass is 409 g/mol. The van der Waals surface area contributed by atoms with Crippen molar-refractivity contribution in [2.45, 2.75) is 0 Å². The standard InChI is InChI=1S/C18H16ClN3O4.ClH/c1-25-13-7-5-12(6-8-13)18(24)26-11-9-20-17(23)15-16(19)21-14-4-2-3-10-22(14)15;/h2-8,10H,9,11H2,1H3,(H,20,23);1H. The van der Waals surface area contributed by atoms with Crippen molar-refractivity contribution in [3.05, 3.63) is 65.1 Å². The minimum absolute atomic E-state index is 0. The molecule has 0 bridgehead atoms. The topological polar surface area (TPSA) is 81.9 Å². The molecule has 0 aliphatic carbocycles. The molecule has 9 heteroatoms. The molecule has 0 aliphatic heterocycles. The second-order valence-electron chi connectivity index (χ2n) is 5.30. The molecule has 1 N–H and O–H groups in total. The van der Waals surface area contributed by atoms with Gasteiger partial charge in [0.05, 0.1) is 19.2 Å². The normalized spacial score (nSPS) is 10.1. The molecule has 7 nitrogen and oxygen atoms in total. The van der Waals surface area contributed by atoms with E-state index >= 15 is 0 Å². The third-order valence-corrected chi connectivity index (χ3v) is 3.91. The Bertz CT molecular complexity index is 948. The first-order valence-electron chi connectivity index (χ1n) is 7.82. The van der Waals surface area contributed by atoms with Gasteiger partial charge in [-0.05, 0) is 36.4 Å². The van der Waals surface area contributed by atoms with Gasteiger partial charge in [-0.25, -0.2) is 9.78 Å². The molecule has 0 aliphatic rings. The Morgan fingerprint density at radius 3 is 2.67 bits per heavy atom. The van der Waals surface area contributed by atoms with Gasteiger partial charge in [0.15, 0.2) is 10.8 Å². The van der Waals surface area contributed by atoms with Crippen LogP contribution in [0.5, 0.6) is 5.75 Å². The molecule has 0 fully saturated rings. The van der Waals surface area contributed by atoms with Gasteiger partial charge in [0, 0.05) is 6.20 Å². The molecule has 1 aromatic carbocycles. The van der Waals surface area contributed by atoms with E-state index in [0.717, 1.165) is 0 Å². The molecule has 1 amide bonds. The fraction of sp³-hybridized carbons (Fsp3) is 0.167. The molecule has 3 rings (SSSR count). The third-order valence-electron chi connectivity index (χ3n) is 3.65. The first-order chi connectivity index (χ1) is 12.6. The van der Waals surface area contributed by atoms with Gasteiger partial charge in [0.2, 0.25) is 0 Å². The quantitative estimate of drug-likeness (QED) is 0.446. The minimum Gasteiger partial charge on any atom is -1.00 e. The van der Waals surface area contributed by atoms with Crippen molar-refractivity contribution in [2.75, 3.05) is 20.3 Å². The molecule has 0 atom stereocenters. The lowest BCUT2D eigenvalue weighted by Gasteiger charge is -2.07. The molecule has 142 valence electrons. The molecule has 0 saturated carbocycles. The summed E-state index contributed by atoms with van der Waals surface area (Å²) in [5, 5.41) is 2.78. The zero-order valence-electron chi connectivity index (χ0n) is 15.3. The van der Waals surface area contributed by atoms with Crippen molar-refractivity contribution >= 4 is 29.1 Å². The zero-order valence-corrected chi connectivity index (χ0v) is 15.8. The molecule has 0 unspecified atom stereocenters. The average Bonchev–Trinajstić information content (AvgIpc) is 3.00. The number of hydrogen-bond acceptors (Lipinski definition) is 5. The summed E-state index contributed by atoms with van der Waals surface area (Å²) in [4.78, 5) is 28.4. The van der Waals surface area contributed by atoms with Crippen LogP contribution in [0.3, 0.4) is 0 Å². The molecule has 2 aromatic heterocycles. The number of nitrogens with one attached hydrogen (secondary N) is 1. The van der Waals surface area contributed by atoms with E-state index in [1.165, 1.54) is 0 Å². The maximum Gasteiger partial charge on any atom is 1.00 e. The number of pyridine rings is 1. The van der Waals surface area contributed by atoms with Gasteiger partial charge in [0.1, 0.15) is 18.0 Å². The lowest BCUT2D eigenvalue weighted by atomic mass is 10.2. The summed E-state index contributed by atoms with van der Waals surface area (Å²) < 4.78 is 11.8. The lowest BCUT2D eigenvalue weighted by Crippen LogP contribution is -3.00. The van der Waals surface area contributed by atoms with Crippen LogP contribution < -0.4 is 22.5 Å². The van der Waals surface area contributed by atoms with Crippen LogP contribution in [-0.2, 0) is 4.74 Å². The fourth-order valence-electron chi connectivity index (χ4n) is 2.37. The van der Waals surface area contributed by atoms with Gasteiger partial charge in [0.25, 0.3) is 5.91 Å². The molecule has 3 aromatic rings. The van der Waals surface area contributed by atoms with Crippen molar-refractivity contribution in [3.63, 3.8) is 0 Å². The second-order valence-corrected chi connectivity index (χ2v) is 5.66. The molecule has 27 heavy (non-hydrogen) atoms. The van der Waals surface area contributed by atoms with Crippen molar-refractivity contribution in [2.24, 2.45) is 0 Å². The molecule has 0 radical (unpaired) electrons. The Kier molecular flexibility index (Phi) is 7.04. The Balaban J connectivity index is 0.00000196. The van der Waals surface area contributed by atoms with E-state index in [9.17, 15) is 9.59 Å². The summed E-state index contributed by atoms with van der Waals surface area (Å²) in [6.07, 6.45) is 1.70. The highest BCUT2D eigenvalue weighted by atomic mass is 35.5. The smallest absolute Gasteiger partial charge is 1.00 e. The number of benzene rings is 1. The summed E-state index contributed by atoms with van der Waals surface area (Å²) in [6, 6.07) is 11.9. The van der Waals surface area contributed by atoms with E-state index in [1.807, 2.05) is 0 Å². The summed E-state index contributed by atoms with van der Waals surface area (Å²) in [7, 11) is 1.55. The molecular formula is C18H17Cl2N3O4. The minimum atomic E-state index is -0.477.